The Morgan fingerprint density at radius 2 is 0.972 bits per heavy atom. The molecule has 0 fully saturated rings. The Bertz CT molecular complexity index is 4020. The van der Waals surface area contributed by atoms with Gasteiger partial charge in [-0.25, -0.2) is 4.79 Å². The minimum Gasteiger partial charge on any atom is -0.505 e. The second kappa shape index (κ2) is 18.7. The summed E-state index contributed by atoms with van der Waals surface area (Å²) in [6.45, 7) is 0. The Morgan fingerprint density at radius 1 is 0.493 bits per heavy atom. The van der Waals surface area contributed by atoms with E-state index in [1.165, 1.54) is 48.5 Å². The molecular weight excluding hydrogens is 1020 g/mol. The van der Waals surface area contributed by atoms with E-state index in [9.17, 15) is 77.0 Å². The van der Waals surface area contributed by atoms with Crippen LogP contribution in [-0.4, -0.2) is 78.1 Å². The summed E-state index contributed by atoms with van der Waals surface area (Å²) in [6.07, 6.45) is 0. The fourth-order valence-electron chi connectivity index (χ4n) is 6.47. The second-order valence-corrected chi connectivity index (χ2v) is 19.8. The van der Waals surface area contributed by atoms with Gasteiger partial charge in [0, 0.05) is 28.3 Å². The zero-order valence-electron chi connectivity index (χ0n) is 34.7. The number of benzene rings is 7. The molecule has 7 aromatic rings. The van der Waals surface area contributed by atoms with Crippen LogP contribution in [0.15, 0.2) is 164 Å². The molecule has 7 rings (SSSR count). The molecule has 0 heterocycles. The van der Waals surface area contributed by atoms with Crippen molar-refractivity contribution in [1.82, 2.24) is 0 Å². The van der Waals surface area contributed by atoms with Gasteiger partial charge in [-0.15, -0.1) is 25.6 Å². The van der Waals surface area contributed by atoms with E-state index in [1.54, 1.807) is 0 Å². The minimum atomic E-state index is -5.53. The van der Waals surface area contributed by atoms with Gasteiger partial charge in [-0.3, -0.25) is 28.3 Å². The number of anilines is 1. The lowest BCUT2D eigenvalue weighted by molar-refractivity contribution is -0.385. The van der Waals surface area contributed by atoms with Gasteiger partial charge in [0.1, 0.15) is 48.0 Å². The number of nitrogens with two attached hydrogens (primary N) is 1. The summed E-state index contributed by atoms with van der Waals surface area (Å²) in [5.74, 6) is -3.23. The molecule has 71 heavy (non-hydrogen) atoms. The third kappa shape index (κ3) is 10.7. The first kappa shape index (κ1) is 50.3. The van der Waals surface area contributed by atoms with Crippen LogP contribution in [0.3, 0.4) is 0 Å². The van der Waals surface area contributed by atoms with E-state index >= 15 is 0 Å². The number of azo groups is 4. The standard InChI is InChI=1S/C39H26N10O18S4/c40-34-29(17-30(68(56,57)58)24-11-13-27(37(51)33(24)34)45-44-26-12-9-22(49(54)55)15-31(26)69(59,60)61)47-46-28-14-10-23-25(38(28)71(65,66)67)16-32(70(62,63)64)35(36(23)50)48-43-21-7-5-20(6-8-21)42-41-19-3-1-18(2-4-19)39(52)53/h1-17,50-51H,40H2,(H,52,53)(H,56,57,58)(H,59,60,61)(H,62,63,64)(H,65,66,67). The van der Waals surface area contributed by atoms with Crippen LogP contribution in [0.25, 0.3) is 21.5 Å². The van der Waals surface area contributed by atoms with Crippen molar-refractivity contribution in [1.29, 1.82) is 0 Å². The first-order valence-corrected chi connectivity index (χ1v) is 24.6. The van der Waals surface area contributed by atoms with Crippen LogP contribution in [0.1, 0.15) is 10.4 Å². The number of non-ortho nitro benzene ring substituents is 1. The van der Waals surface area contributed by atoms with Gasteiger partial charge >= 0.3 is 5.97 Å². The molecule has 32 heteroatoms. The molecule has 0 unspecified atom stereocenters. The van der Waals surface area contributed by atoms with Crippen LogP contribution in [-0.2, 0) is 40.5 Å². The lowest BCUT2D eigenvalue weighted by Crippen LogP contribution is -2.03. The summed E-state index contributed by atoms with van der Waals surface area (Å²) < 4.78 is 141. The molecule has 0 saturated carbocycles. The third-order valence-corrected chi connectivity index (χ3v) is 13.3. The van der Waals surface area contributed by atoms with Crippen LogP contribution in [0.2, 0.25) is 0 Å². The van der Waals surface area contributed by atoms with Gasteiger partial charge in [0.05, 0.1) is 38.6 Å². The number of carboxylic acid groups (broad SMARTS) is 1. The maximum absolute atomic E-state index is 13.0. The van der Waals surface area contributed by atoms with E-state index < -0.39 is 144 Å². The Balaban J connectivity index is 1.29. The number of nitrogen functional groups attached to an aromatic ring is 1. The van der Waals surface area contributed by atoms with Gasteiger partial charge in [-0.1, -0.05) is 6.07 Å². The zero-order chi connectivity index (χ0) is 52.0. The predicted octanol–water partition coefficient (Wildman–Crippen LogP) is 9.24. The normalized spacial score (nSPS) is 12.8. The number of nitrogens with zero attached hydrogens (tertiary/aromatic N) is 9. The molecule has 0 bridgehead atoms. The summed E-state index contributed by atoms with van der Waals surface area (Å²) in [7, 11) is -21.3. The Labute approximate surface area is 396 Å². The van der Waals surface area contributed by atoms with Gasteiger partial charge in [-0.05, 0) is 84.9 Å². The summed E-state index contributed by atoms with van der Waals surface area (Å²) in [6, 6.07) is 17.8. The van der Waals surface area contributed by atoms with Crippen molar-refractivity contribution in [3.63, 3.8) is 0 Å². The van der Waals surface area contributed by atoms with Crippen LogP contribution < -0.4 is 5.73 Å². The topological polar surface area (TPSA) is 463 Å². The molecule has 0 saturated heterocycles. The van der Waals surface area contributed by atoms with Crippen molar-refractivity contribution >= 4 is 125 Å². The van der Waals surface area contributed by atoms with Crippen molar-refractivity contribution in [2.24, 2.45) is 40.9 Å². The van der Waals surface area contributed by atoms with Gasteiger partial charge in [0.25, 0.3) is 46.2 Å². The molecular formula is C39H26N10O18S4. The van der Waals surface area contributed by atoms with E-state index in [4.69, 9.17) is 10.8 Å². The molecule has 0 aliphatic carbocycles. The highest BCUT2D eigenvalue weighted by Gasteiger charge is 2.29. The lowest BCUT2D eigenvalue weighted by Gasteiger charge is -2.13. The SMILES string of the molecule is Nc1c(N=Nc2ccc3c(O)c(N=Nc4ccc(N=Nc5ccc(C(=O)O)cc5)cc4)c(S(=O)(=O)O)cc3c2S(=O)(=O)O)cc(S(=O)(=O)O)c2ccc(N=Nc3ccc([N+](=O)[O-])cc3S(=O)(=O)O)c(O)c12. The Morgan fingerprint density at radius 3 is 1.51 bits per heavy atom. The number of carboxylic acids is 1. The molecule has 0 radical (unpaired) electrons. The number of carbonyl (C=O) groups is 1. The van der Waals surface area contributed by atoms with Crippen molar-refractivity contribution in [3.8, 4) is 11.5 Å². The monoisotopic (exact) mass is 1050 g/mol. The number of nitro groups is 1. The van der Waals surface area contributed by atoms with E-state index in [-0.39, 0.29) is 16.9 Å². The second-order valence-electron chi connectivity index (χ2n) is 14.2. The first-order valence-electron chi connectivity index (χ1n) is 18.8. The van der Waals surface area contributed by atoms with Gasteiger partial charge in [0.2, 0.25) is 0 Å². The van der Waals surface area contributed by atoms with Gasteiger partial charge < -0.3 is 21.1 Å². The fourth-order valence-corrected chi connectivity index (χ4v) is 9.29. The molecule has 9 N–H and O–H groups in total. The molecule has 364 valence electrons. The number of fused-ring (bicyclic) bond motifs is 2. The minimum absolute atomic E-state index is 0.0282. The molecule has 0 spiro atoms. The van der Waals surface area contributed by atoms with Crippen LogP contribution in [0.4, 0.5) is 56.9 Å². The number of aromatic carboxylic acids is 1. The summed E-state index contributed by atoms with van der Waals surface area (Å²) in [5.41, 5.74) is 1.78. The number of aromatic hydroxyl groups is 2. The highest BCUT2D eigenvalue weighted by Crippen LogP contribution is 2.48. The van der Waals surface area contributed by atoms with E-state index in [1.807, 2.05) is 0 Å². The molecule has 7 aromatic carbocycles. The molecule has 0 amide bonds. The summed E-state index contributed by atoms with van der Waals surface area (Å²) >= 11 is 0. The maximum Gasteiger partial charge on any atom is 0.335 e. The largest absolute Gasteiger partial charge is 0.505 e. The fraction of sp³-hybridized carbons (Fsp3) is 0. The van der Waals surface area contributed by atoms with Crippen LogP contribution >= 0.6 is 0 Å². The van der Waals surface area contributed by atoms with Gasteiger partial charge in [-0.2, -0.15) is 49.0 Å². The number of phenolic OH excluding ortho intramolecular Hbond substituents is 2. The zero-order valence-corrected chi connectivity index (χ0v) is 37.9. The number of phenols is 2. The average molecular weight is 1050 g/mol. The maximum atomic E-state index is 13.0. The van der Waals surface area contributed by atoms with E-state index in [0.29, 0.717) is 23.9 Å². The quantitative estimate of drug-likeness (QED) is 0.0165. The van der Waals surface area contributed by atoms with E-state index in [0.717, 1.165) is 36.4 Å². The van der Waals surface area contributed by atoms with Crippen molar-refractivity contribution in [2.45, 2.75) is 19.6 Å². The van der Waals surface area contributed by atoms with E-state index in [2.05, 4.69) is 40.9 Å². The molecule has 0 aromatic heterocycles. The Hall–Kier alpha value is -8.63. The number of nitro benzene ring substituents is 1. The highest BCUT2D eigenvalue weighted by molar-refractivity contribution is 7.87. The van der Waals surface area contributed by atoms with Crippen LogP contribution in [0.5, 0.6) is 11.5 Å². The molecule has 0 aliphatic rings. The van der Waals surface area contributed by atoms with Crippen molar-refractivity contribution in [3.05, 3.63) is 119 Å². The lowest BCUT2D eigenvalue weighted by atomic mass is 10.1. The molecule has 28 nitrogen and oxygen atoms in total. The highest BCUT2D eigenvalue weighted by atomic mass is 32.2. The molecule has 0 atom stereocenters. The predicted molar refractivity (Wildman–Crippen MR) is 245 cm³/mol. The van der Waals surface area contributed by atoms with Crippen molar-refractivity contribution < 1.29 is 76.9 Å². The summed E-state index contributed by atoms with van der Waals surface area (Å²) in [5, 5.41) is 70.8. The first-order chi connectivity index (χ1) is 33.1. The average Bonchev–Trinajstić information content (AvgIpc) is 3.28. The number of rotatable bonds is 14. The number of hydrogen-bond donors (Lipinski definition) is 8. The third-order valence-electron chi connectivity index (χ3n) is 9.69. The molecule has 0 aliphatic heterocycles. The van der Waals surface area contributed by atoms with Crippen molar-refractivity contribution in [2.75, 3.05) is 5.73 Å². The smallest absolute Gasteiger partial charge is 0.335 e. The van der Waals surface area contributed by atoms with Gasteiger partial charge in [0.15, 0.2) is 11.5 Å². The number of hydrogen-bond acceptors (Lipinski definition) is 22. The van der Waals surface area contributed by atoms with Crippen LogP contribution in [0, 0.1) is 10.1 Å². The Kier molecular flexibility index (Phi) is 13.2. The summed E-state index contributed by atoms with van der Waals surface area (Å²) in [4.78, 5) is 16.8.